The fraction of sp³-hybridized carbons (Fsp3) is 0.737. The van der Waals surface area contributed by atoms with Crippen molar-refractivity contribution in [3.8, 4) is 0 Å². The van der Waals surface area contributed by atoms with Crippen LogP contribution >= 0.6 is 0 Å². The Kier molecular flexibility index (Phi) is 10.4. The van der Waals surface area contributed by atoms with E-state index in [1.807, 2.05) is 0 Å². The molecule has 0 aliphatic carbocycles. The minimum Gasteiger partial charge on any atom is -0.479 e. The van der Waals surface area contributed by atoms with Crippen molar-refractivity contribution in [2.45, 2.75) is 84.2 Å². The Morgan fingerprint density at radius 2 is 1.55 bits per heavy atom. The van der Waals surface area contributed by atoms with E-state index in [1.54, 1.807) is 6.92 Å². The Morgan fingerprint density at radius 1 is 0.968 bits per heavy atom. The van der Waals surface area contributed by atoms with E-state index < -0.39 is 73.1 Å². The van der Waals surface area contributed by atoms with Crippen LogP contribution in [0.5, 0.6) is 0 Å². The number of carboxylic acid groups (broad SMARTS) is 1. The van der Waals surface area contributed by atoms with Crippen LogP contribution in [-0.4, -0.2) is 78.2 Å². The van der Waals surface area contributed by atoms with E-state index in [1.165, 1.54) is 6.92 Å². The van der Waals surface area contributed by atoms with Crippen molar-refractivity contribution >= 4 is 29.8 Å². The Bertz CT molecular complexity index is 680. The molecular formula is C19H29NO11. The monoisotopic (exact) mass is 447 g/mol. The highest BCUT2D eigenvalue weighted by Gasteiger charge is 2.52. The van der Waals surface area contributed by atoms with Crippen LogP contribution < -0.4 is 5.32 Å². The highest BCUT2D eigenvalue weighted by molar-refractivity contribution is 5.74. The van der Waals surface area contributed by atoms with Gasteiger partial charge in [0.1, 0.15) is 18.8 Å². The lowest BCUT2D eigenvalue weighted by molar-refractivity contribution is -0.287. The normalized spacial score (nSPS) is 26.3. The molecule has 0 aromatic rings. The third-order valence-corrected chi connectivity index (χ3v) is 4.20. The molecule has 12 nitrogen and oxygen atoms in total. The predicted octanol–water partition coefficient (Wildman–Crippen LogP) is -0.0876. The third-order valence-electron chi connectivity index (χ3n) is 4.20. The Labute approximate surface area is 179 Å². The van der Waals surface area contributed by atoms with E-state index in [0.29, 0.717) is 6.42 Å². The van der Waals surface area contributed by atoms with Gasteiger partial charge < -0.3 is 34.1 Å². The summed E-state index contributed by atoms with van der Waals surface area (Å²) in [7, 11) is 0. The van der Waals surface area contributed by atoms with Crippen LogP contribution in [0.2, 0.25) is 0 Å². The number of esters is 3. The van der Waals surface area contributed by atoms with E-state index in [4.69, 9.17) is 23.7 Å². The first-order valence-electron chi connectivity index (χ1n) is 9.74. The average Bonchev–Trinajstić information content (AvgIpc) is 2.63. The summed E-state index contributed by atoms with van der Waals surface area (Å²) < 4.78 is 26.9. The van der Waals surface area contributed by atoms with Gasteiger partial charge in [0.15, 0.2) is 24.6 Å². The van der Waals surface area contributed by atoms with Crippen LogP contribution in [0.15, 0.2) is 0 Å². The van der Waals surface area contributed by atoms with Crippen LogP contribution in [0.3, 0.4) is 0 Å². The van der Waals surface area contributed by atoms with Crippen molar-refractivity contribution in [3.63, 3.8) is 0 Å². The van der Waals surface area contributed by atoms with Crippen LogP contribution in [-0.2, 0) is 47.7 Å². The van der Waals surface area contributed by atoms with Gasteiger partial charge in [0.2, 0.25) is 5.91 Å². The van der Waals surface area contributed by atoms with Crippen molar-refractivity contribution < 1.29 is 52.8 Å². The molecule has 1 fully saturated rings. The molecule has 1 saturated heterocycles. The average molecular weight is 447 g/mol. The van der Waals surface area contributed by atoms with E-state index in [9.17, 15) is 29.1 Å². The number of hydrogen-bond donors (Lipinski definition) is 2. The number of hydrogen-bond acceptors (Lipinski definition) is 10. The molecule has 12 heteroatoms. The molecule has 0 aromatic heterocycles. The number of nitrogens with one attached hydrogen (secondary N) is 1. The second-order valence-corrected chi connectivity index (χ2v) is 6.97. The second kappa shape index (κ2) is 12.2. The summed E-state index contributed by atoms with van der Waals surface area (Å²) in [5, 5.41) is 11.9. The maximum Gasteiger partial charge on any atom is 0.332 e. The van der Waals surface area contributed by atoms with Gasteiger partial charge in [-0.05, 0) is 6.42 Å². The summed E-state index contributed by atoms with van der Waals surface area (Å²) in [6.45, 7) is 5.93. The fourth-order valence-electron chi connectivity index (χ4n) is 3.08. The van der Waals surface area contributed by atoms with Crippen molar-refractivity contribution in [2.24, 2.45) is 0 Å². The maximum absolute atomic E-state index is 11.8. The Morgan fingerprint density at radius 3 is 2.00 bits per heavy atom. The molecule has 2 N–H and O–H groups in total. The molecular weight excluding hydrogens is 418 g/mol. The SMILES string of the molecule is CCCC(O[C@H]1O[C@H](COC(C)=O)[C@H](OC(C)=O)[C@H](OC(C)=O)[C@H]1NC(C)=O)C(=O)O. The van der Waals surface area contributed by atoms with Crippen LogP contribution in [0.25, 0.3) is 0 Å². The summed E-state index contributed by atoms with van der Waals surface area (Å²) in [5.41, 5.74) is 0. The van der Waals surface area contributed by atoms with Gasteiger partial charge in [-0.2, -0.15) is 0 Å². The zero-order chi connectivity index (χ0) is 23.7. The number of ether oxygens (including phenoxy) is 5. The zero-order valence-electron chi connectivity index (χ0n) is 18.1. The first kappa shape index (κ1) is 26.3. The minimum atomic E-state index is -1.41. The predicted molar refractivity (Wildman–Crippen MR) is 101 cm³/mol. The van der Waals surface area contributed by atoms with Gasteiger partial charge >= 0.3 is 23.9 Å². The first-order chi connectivity index (χ1) is 14.5. The summed E-state index contributed by atoms with van der Waals surface area (Å²) in [4.78, 5) is 58.1. The summed E-state index contributed by atoms with van der Waals surface area (Å²) in [5.74, 6) is -3.96. The van der Waals surface area contributed by atoms with Crippen molar-refractivity contribution in [1.82, 2.24) is 5.32 Å². The molecule has 0 radical (unpaired) electrons. The van der Waals surface area contributed by atoms with Crippen LogP contribution in [0.4, 0.5) is 0 Å². The number of carbonyl (C=O) groups excluding carboxylic acids is 4. The summed E-state index contributed by atoms with van der Waals surface area (Å²) in [6.07, 6.45) is -5.82. The van der Waals surface area contributed by atoms with Crippen molar-refractivity contribution in [3.05, 3.63) is 0 Å². The van der Waals surface area contributed by atoms with E-state index in [-0.39, 0.29) is 6.42 Å². The van der Waals surface area contributed by atoms with Gasteiger partial charge in [-0.25, -0.2) is 4.79 Å². The zero-order valence-corrected chi connectivity index (χ0v) is 18.1. The molecule has 1 aliphatic heterocycles. The highest BCUT2D eigenvalue weighted by Crippen LogP contribution is 2.29. The molecule has 1 unspecified atom stereocenters. The molecule has 6 atom stereocenters. The molecule has 0 spiro atoms. The molecule has 1 amide bonds. The quantitative estimate of drug-likeness (QED) is 0.340. The molecule has 0 saturated carbocycles. The smallest absolute Gasteiger partial charge is 0.332 e. The van der Waals surface area contributed by atoms with Gasteiger partial charge in [-0.3, -0.25) is 19.2 Å². The highest BCUT2D eigenvalue weighted by atomic mass is 16.7. The fourth-order valence-corrected chi connectivity index (χ4v) is 3.08. The lowest BCUT2D eigenvalue weighted by Crippen LogP contribution is -2.67. The molecule has 1 rings (SSSR count). The van der Waals surface area contributed by atoms with Gasteiger partial charge in [-0.1, -0.05) is 13.3 Å². The molecule has 0 aromatic carbocycles. The molecule has 1 heterocycles. The Hall–Kier alpha value is -2.73. The van der Waals surface area contributed by atoms with Crippen molar-refractivity contribution in [2.75, 3.05) is 6.61 Å². The Balaban J connectivity index is 3.38. The minimum absolute atomic E-state index is 0.141. The second-order valence-electron chi connectivity index (χ2n) is 6.97. The van der Waals surface area contributed by atoms with Crippen LogP contribution in [0, 0.1) is 0 Å². The summed E-state index contributed by atoms with van der Waals surface area (Å²) in [6, 6.07) is -1.21. The third kappa shape index (κ3) is 8.50. The number of carboxylic acids is 1. The van der Waals surface area contributed by atoms with E-state index in [0.717, 1.165) is 20.8 Å². The number of rotatable bonds is 10. The number of amides is 1. The number of carbonyl (C=O) groups is 5. The number of aliphatic carboxylic acids is 1. The van der Waals surface area contributed by atoms with Crippen LogP contribution in [0.1, 0.15) is 47.5 Å². The summed E-state index contributed by atoms with van der Waals surface area (Å²) >= 11 is 0. The molecule has 31 heavy (non-hydrogen) atoms. The lowest BCUT2D eigenvalue weighted by atomic mass is 9.96. The largest absolute Gasteiger partial charge is 0.479 e. The lowest BCUT2D eigenvalue weighted by Gasteiger charge is -2.45. The molecule has 0 bridgehead atoms. The van der Waals surface area contributed by atoms with Gasteiger partial charge in [0.05, 0.1) is 0 Å². The molecule has 1 aliphatic rings. The maximum atomic E-state index is 11.8. The first-order valence-corrected chi connectivity index (χ1v) is 9.74. The van der Waals surface area contributed by atoms with Gasteiger partial charge in [0.25, 0.3) is 0 Å². The van der Waals surface area contributed by atoms with E-state index >= 15 is 0 Å². The van der Waals surface area contributed by atoms with E-state index in [2.05, 4.69) is 5.32 Å². The van der Waals surface area contributed by atoms with Gasteiger partial charge in [0, 0.05) is 27.7 Å². The molecule has 176 valence electrons. The van der Waals surface area contributed by atoms with Gasteiger partial charge in [-0.15, -0.1) is 0 Å². The topological polar surface area (TPSA) is 164 Å². The van der Waals surface area contributed by atoms with Crippen molar-refractivity contribution in [1.29, 1.82) is 0 Å². The standard InChI is InChI=1S/C19H29NO11/c1-6-7-13(18(25)26)30-19-15(20-9(2)21)17(29-12(5)24)16(28-11(4)23)14(31-19)8-27-10(3)22/h13-17,19H,6-8H2,1-5H3,(H,20,21)(H,25,26)/t13?,14-,15-,16+,17-,19+/m1/s1.